The molecule has 1 aromatic heterocycles. The maximum absolute atomic E-state index is 13.2. The minimum atomic E-state index is -1.12. The van der Waals surface area contributed by atoms with Crippen LogP contribution in [-0.2, 0) is 0 Å². The van der Waals surface area contributed by atoms with Gasteiger partial charge in [0.15, 0.2) is 0 Å². The second kappa shape index (κ2) is 5.98. The molecule has 0 saturated heterocycles. The molecule has 0 unspecified atom stereocenters. The lowest BCUT2D eigenvalue weighted by Gasteiger charge is -2.07. The van der Waals surface area contributed by atoms with Gasteiger partial charge in [-0.05, 0) is 47.9 Å². The summed E-state index contributed by atoms with van der Waals surface area (Å²) in [7, 11) is 0. The summed E-state index contributed by atoms with van der Waals surface area (Å²) >= 11 is 7.19. The quantitative estimate of drug-likeness (QED) is 0.723. The van der Waals surface area contributed by atoms with E-state index in [0.29, 0.717) is 10.3 Å². The van der Waals surface area contributed by atoms with Crippen molar-refractivity contribution in [2.24, 2.45) is 0 Å². The minimum absolute atomic E-state index is 0.0168. The molecule has 1 amide bonds. The van der Waals surface area contributed by atoms with Crippen LogP contribution < -0.4 is 5.32 Å². The normalized spacial score (nSPS) is 10.7. The lowest BCUT2D eigenvalue weighted by molar-refractivity contribution is 0.0696. The van der Waals surface area contributed by atoms with Gasteiger partial charge in [0.1, 0.15) is 5.82 Å². The Balaban J connectivity index is 1.91. The van der Waals surface area contributed by atoms with Crippen molar-refractivity contribution in [1.29, 1.82) is 0 Å². The molecule has 2 N–H and O–H groups in total. The van der Waals surface area contributed by atoms with Crippen molar-refractivity contribution in [3.05, 3.63) is 63.7 Å². The first kappa shape index (κ1) is 15.5. The predicted octanol–water partition coefficient (Wildman–Crippen LogP) is 4.64. The van der Waals surface area contributed by atoms with Crippen LogP contribution >= 0.6 is 22.9 Å². The van der Waals surface area contributed by atoms with E-state index in [0.717, 1.165) is 4.70 Å². The van der Waals surface area contributed by atoms with E-state index in [1.165, 1.54) is 41.7 Å². The average Bonchev–Trinajstić information content (AvgIpc) is 2.92. The molecule has 3 aromatic rings. The van der Waals surface area contributed by atoms with Gasteiger partial charge in [0.05, 0.1) is 21.2 Å². The van der Waals surface area contributed by atoms with Crippen LogP contribution in [0.2, 0.25) is 5.02 Å². The van der Waals surface area contributed by atoms with E-state index in [-0.39, 0.29) is 22.1 Å². The molecule has 23 heavy (non-hydrogen) atoms. The molecular weight excluding hydrogens is 341 g/mol. The van der Waals surface area contributed by atoms with E-state index in [9.17, 15) is 14.0 Å². The van der Waals surface area contributed by atoms with Gasteiger partial charge in [-0.15, -0.1) is 11.3 Å². The van der Waals surface area contributed by atoms with E-state index in [1.54, 1.807) is 12.1 Å². The number of thiophene rings is 1. The number of hydrogen-bond acceptors (Lipinski definition) is 3. The van der Waals surface area contributed by atoms with Gasteiger partial charge < -0.3 is 10.4 Å². The summed E-state index contributed by atoms with van der Waals surface area (Å²) in [5, 5.41) is 12.4. The molecule has 2 aromatic carbocycles. The number of carbonyl (C=O) groups is 2. The van der Waals surface area contributed by atoms with E-state index in [1.807, 2.05) is 0 Å². The number of hydrogen-bond donors (Lipinski definition) is 2. The van der Waals surface area contributed by atoms with Crippen LogP contribution in [0.4, 0.5) is 10.1 Å². The van der Waals surface area contributed by atoms with Gasteiger partial charge in [-0.2, -0.15) is 0 Å². The van der Waals surface area contributed by atoms with Gasteiger partial charge in [-0.3, -0.25) is 4.79 Å². The Morgan fingerprint density at radius 3 is 2.65 bits per heavy atom. The molecule has 0 aliphatic heterocycles. The molecule has 7 heteroatoms. The molecular formula is C16H9ClFNO3S. The highest BCUT2D eigenvalue weighted by molar-refractivity contribution is 7.20. The average molecular weight is 350 g/mol. The molecule has 0 fully saturated rings. The van der Waals surface area contributed by atoms with Crippen LogP contribution in [0.1, 0.15) is 20.0 Å². The highest BCUT2D eigenvalue weighted by Gasteiger charge is 2.14. The summed E-state index contributed by atoms with van der Waals surface area (Å²) in [4.78, 5) is 23.7. The lowest BCUT2D eigenvalue weighted by atomic mass is 10.2. The Morgan fingerprint density at radius 1 is 1.13 bits per heavy atom. The molecule has 0 aliphatic rings. The Labute approximate surface area is 139 Å². The maximum atomic E-state index is 13.2. The largest absolute Gasteiger partial charge is 0.478 e. The number of carboxylic acid groups (broad SMARTS) is 1. The van der Waals surface area contributed by atoms with E-state index in [4.69, 9.17) is 16.7 Å². The third kappa shape index (κ3) is 3.18. The van der Waals surface area contributed by atoms with E-state index in [2.05, 4.69) is 5.32 Å². The number of rotatable bonds is 3. The summed E-state index contributed by atoms with van der Waals surface area (Å²) in [5.74, 6) is -1.93. The van der Waals surface area contributed by atoms with Gasteiger partial charge in [0.25, 0.3) is 5.91 Å². The van der Waals surface area contributed by atoms with Crippen molar-refractivity contribution < 1.29 is 19.1 Å². The zero-order valence-corrected chi connectivity index (χ0v) is 13.0. The summed E-state index contributed by atoms with van der Waals surface area (Å²) in [6, 6.07) is 9.89. The van der Waals surface area contributed by atoms with Gasteiger partial charge in [-0.1, -0.05) is 11.6 Å². The van der Waals surface area contributed by atoms with Crippen molar-refractivity contribution in [2.75, 3.05) is 5.32 Å². The van der Waals surface area contributed by atoms with Crippen LogP contribution in [0.3, 0.4) is 0 Å². The topological polar surface area (TPSA) is 66.4 Å². The number of anilines is 1. The summed E-state index contributed by atoms with van der Waals surface area (Å²) < 4.78 is 14.0. The number of amides is 1. The first-order valence-corrected chi connectivity index (χ1v) is 7.67. The van der Waals surface area contributed by atoms with Crippen molar-refractivity contribution in [3.8, 4) is 0 Å². The second-order valence-electron chi connectivity index (χ2n) is 4.75. The highest BCUT2D eigenvalue weighted by Crippen LogP contribution is 2.28. The first-order valence-electron chi connectivity index (χ1n) is 6.47. The lowest BCUT2D eigenvalue weighted by Crippen LogP contribution is -2.11. The number of carboxylic acids is 1. The Hall–Kier alpha value is -2.44. The number of aromatic carboxylic acids is 1. The zero-order valence-electron chi connectivity index (χ0n) is 11.5. The van der Waals surface area contributed by atoms with Crippen LogP contribution in [0.5, 0.6) is 0 Å². The van der Waals surface area contributed by atoms with Crippen LogP contribution in [0.15, 0.2) is 42.5 Å². The van der Waals surface area contributed by atoms with Crippen molar-refractivity contribution in [3.63, 3.8) is 0 Å². The van der Waals surface area contributed by atoms with Gasteiger partial charge >= 0.3 is 5.97 Å². The molecule has 0 radical (unpaired) electrons. The predicted molar refractivity (Wildman–Crippen MR) is 88.1 cm³/mol. The number of benzene rings is 2. The monoisotopic (exact) mass is 349 g/mol. The van der Waals surface area contributed by atoms with E-state index >= 15 is 0 Å². The SMILES string of the molecule is O=C(O)c1ccc(Cl)c(NC(=O)c2cc3cc(F)ccc3s2)c1. The Bertz CT molecular complexity index is 938. The molecule has 4 nitrogen and oxygen atoms in total. The molecule has 1 heterocycles. The van der Waals surface area contributed by atoms with Crippen LogP contribution in [-0.4, -0.2) is 17.0 Å². The number of nitrogens with one attached hydrogen (secondary N) is 1. The Morgan fingerprint density at radius 2 is 1.91 bits per heavy atom. The third-order valence-corrected chi connectivity index (χ3v) is 4.61. The molecule has 0 spiro atoms. The molecule has 0 saturated carbocycles. The molecule has 0 atom stereocenters. The summed E-state index contributed by atoms with van der Waals surface area (Å²) in [6.07, 6.45) is 0. The van der Waals surface area contributed by atoms with Crippen molar-refractivity contribution in [2.45, 2.75) is 0 Å². The van der Waals surface area contributed by atoms with Crippen molar-refractivity contribution in [1.82, 2.24) is 0 Å². The minimum Gasteiger partial charge on any atom is -0.478 e. The number of halogens is 2. The third-order valence-electron chi connectivity index (χ3n) is 3.16. The zero-order chi connectivity index (χ0) is 16.6. The highest BCUT2D eigenvalue weighted by atomic mass is 35.5. The molecule has 0 aliphatic carbocycles. The second-order valence-corrected chi connectivity index (χ2v) is 6.24. The fourth-order valence-electron chi connectivity index (χ4n) is 2.06. The fourth-order valence-corrected chi connectivity index (χ4v) is 3.17. The first-order chi connectivity index (χ1) is 10.9. The van der Waals surface area contributed by atoms with Crippen molar-refractivity contribution >= 4 is 50.6 Å². The van der Waals surface area contributed by atoms with Crippen LogP contribution in [0, 0.1) is 5.82 Å². The fraction of sp³-hybridized carbons (Fsp3) is 0. The maximum Gasteiger partial charge on any atom is 0.335 e. The van der Waals surface area contributed by atoms with E-state index < -0.39 is 11.9 Å². The van der Waals surface area contributed by atoms with Gasteiger partial charge in [0.2, 0.25) is 0 Å². The molecule has 0 bridgehead atoms. The standard InChI is InChI=1S/C16H9ClFNO3S/c17-11-3-1-8(16(21)22)6-12(11)19-15(20)14-7-9-5-10(18)2-4-13(9)23-14/h1-7H,(H,19,20)(H,21,22). The summed E-state index contributed by atoms with van der Waals surface area (Å²) in [5.41, 5.74) is 0.225. The molecule has 116 valence electrons. The molecule has 3 rings (SSSR count). The number of fused-ring (bicyclic) bond motifs is 1. The smallest absolute Gasteiger partial charge is 0.335 e. The summed E-state index contributed by atoms with van der Waals surface area (Å²) in [6.45, 7) is 0. The number of carbonyl (C=O) groups excluding carboxylic acids is 1. The van der Waals surface area contributed by atoms with Gasteiger partial charge in [-0.25, -0.2) is 9.18 Å². The Kier molecular flexibility index (Phi) is 4.02. The van der Waals surface area contributed by atoms with Crippen LogP contribution in [0.25, 0.3) is 10.1 Å². The van der Waals surface area contributed by atoms with Gasteiger partial charge in [0, 0.05) is 4.70 Å².